The Morgan fingerprint density at radius 3 is 2.56 bits per heavy atom. The molecule has 1 aromatic heterocycles. The maximum atomic E-state index is 5.21. The van der Waals surface area contributed by atoms with Crippen LogP contribution in [0.25, 0.3) is 0 Å². The third-order valence-corrected chi connectivity index (χ3v) is 4.07. The van der Waals surface area contributed by atoms with E-state index in [0.717, 1.165) is 18.7 Å². The molecule has 0 aliphatic heterocycles. The maximum absolute atomic E-state index is 5.21. The van der Waals surface area contributed by atoms with Gasteiger partial charge in [0.25, 0.3) is 0 Å². The molecule has 0 amide bonds. The van der Waals surface area contributed by atoms with Gasteiger partial charge in [-0.3, -0.25) is 0 Å². The molecule has 1 N–H and O–H groups in total. The molecule has 0 saturated carbocycles. The Hall–Kier alpha value is -1.32. The van der Waals surface area contributed by atoms with Crippen LogP contribution in [0.15, 0.2) is 41.8 Å². The van der Waals surface area contributed by atoms with Crippen LogP contribution in [0.5, 0.6) is 5.75 Å². The number of thiophene rings is 1. The highest BCUT2D eigenvalue weighted by Gasteiger charge is 2.14. The van der Waals surface area contributed by atoms with Crippen molar-refractivity contribution in [2.45, 2.75) is 12.3 Å². The first-order valence-corrected chi connectivity index (χ1v) is 7.05. The standard InChI is InChI=1S/C15H19NOS/c1-16-10-9-14(15-4-3-11-18-15)12-5-7-13(17-2)8-6-12/h3-8,11,14,16H,9-10H2,1-2H3. The second-order valence-electron chi connectivity index (χ2n) is 4.23. The summed E-state index contributed by atoms with van der Waals surface area (Å²) < 4.78 is 5.21. The fraction of sp³-hybridized carbons (Fsp3) is 0.333. The molecule has 96 valence electrons. The van der Waals surface area contributed by atoms with Crippen molar-refractivity contribution in [3.63, 3.8) is 0 Å². The van der Waals surface area contributed by atoms with E-state index in [0.29, 0.717) is 5.92 Å². The molecule has 1 heterocycles. The van der Waals surface area contributed by atoms with E-state index in [1.807, 2.05) is 30.5 Å². The molecule has 3 heteroatoms. The molecule has 2 nitrogen and oxygen atoms in total. The van der Waals surface area contributed by atoms with Crippen LogP contribution in [-0.2, 0) is 0 Å². The van der Waals surface area contributed by atoms with E-state index >= 15 is 0 Å². The van der Waals surface area contributed by atoms with Gasteiger partial charge in [-0.2, -0.15) is 0 Å². The highest BCUT2D eigenvalue weighted by atomic mass is 32.1. The summed E-state index contributed by atoms with van der Waals surface area (Å²) >= 11 is 1.83. The van der Waals surface area contributed by atoms with Gasteiger partial charge in [-0.25, -0.2) is 0 Å². The lowest BCUT2D eigenvalue weighted by Crippen LogP contribution is -2.12. The average Bonchev–Trinajstić information content (AvgIpc) is 2.94. The number of nitrogens with one attached hydrogen (secondary N) is 1. The molecule has 0 aliphatic carbocycles. The van der Waals surface area contributed by atoms with E-state index in [2.05, 4.69) is 35.0 Å². The fourth-order valence-electron chi connectivity index (χ4n) is 2.09. The van der Waals surface area contributed by atoms with Crippen molar-refractivity contribution >= 4 is 11.3 Å². The zero-order chi connectivity index (χ0) is 12.8. The van der Waals surface area contributed by atoms with Gasteiger partial charge in [0.05, 0.1) is 7.11 Å². The van der Waals surface area contributed by atoms with Crippen LogP contribution < -0.4 is 10.1 Å². The fourth-order valence-corrected chi connectivity index (χ4v) is 2.98. The Balaban J connectivity index is 2.21. The minimum Gasteiger partial charge on any atom is -0.497 e. The molecule has 18 heavy (non-hydrogen) atoms. The van der Waals surface area contributed by atoms with Crippen LogP contribution >= 0.6 is 11.3 Å². The van der Waals surface area contributed by atoms with Crippen molar-refractivity contribution in [2.24, 2.45) is 0 Å². The molecular formula is C15H19NOS. The summed E-state index contributed by atoms with van der Waals surface area (Å²) in [5.41, 5.74) is 1.36. The number of ether oxygens (including phenoxy) is 1. The topological polar surface area (TPSA) is 21.3 Å². The minimum absolute atomic E-state index is 0.475. The van der Waals surface area contributed by atoms with Gasteiger partial charge >= 0.3 is 0 Å². The molecule has 2 rings (SSSR count). The largest absolute Gasteiger partial charge is 0.497 e. The van der Waals surface area contributed by atoms with Gasteiger partial charge in [0.2, 0.25) is 0 Å². The molecule has 1 aromatic carbocycles. The number of methoxy groups -OCH3 is 1. The van der Waals surface area contributed by atoms with Crippen LogP contribution in [0.4, 0.5) is 0 Å². The number of hydrogen-bond donors (Lipinski definition) is 1. The minimum atomic E-state index is 0.475. The van der Waals surface area contributed by atoms with Crippen LogP contribution in [0.1, 0.15) is 22.8 Å². The summed E-state index contributed by atoms with van der Waals surface area (Å²) in [5.74, 6) is 1.39. The van der Waals surface area contributed by atoms with Gasteiger partial charge in [-0.05, 0) is 49.2 Å². The van der Waals surface area contributed by atoms with Crippen LogP contribution in [-0.4, -0.2) is 20.7 Å². The molecule has 0 aliphatic rings. The van der Waals surface area contributed by atoms with Crippen molar-refractivity contribution in [3.8, 4) is 5.75 Å². The first kappa shape index (κ1) is 13.1. The summed E-state index contributed by atoms with van der Waals surface area (Å²) in [7, 11) is 3.70. The summed E-state index contributed by atoms with van der Waals surface area (Å²) in [5, 5.41) is 5.38. The number of hydrogen-bond acceptors (Lipinski definition) is 3. The van der Waals surface area contributed by atoms with E-state index in [-0.39, 0.29) is 0 Å². The number of rotatable bonds is 6. The Labute approximate surface area is 113 Å². The van der Waals surface area contributed by atoms with Gasteiger partial charge in [-0.1, -0.05) is 18.2 Å². The van der Waals surface area contributed by atoms with Crippen molar-refractivity contribution < 1.29 is 4.74 Å². The van der Waals surface area contributed by atoms with Crippen LogP contribution in [0.2, 0.25) is 0 Å². The molecule has 1 atom stereocenters. The quantitative estimate of drug-likeness (QED) is 0.859. The highest BCUT2D eigenvalue weighted by Crippen LogP contribution is 2.31. The second-order valence-corrected chi connectivity index (χ2v) is 5.21. The van der Waals surface area contributed by atoms with Gasteiger partial charge in [0.15, 0.2) is 0 Å². The van der Waals surface area contributed by atoms with Gasteiger partial charge in [0.1, 0.15) is 5.75 Å². The van der Waals surface area contributed by atoms with Crippen molar-refractivity contribution in [1.29, 1.82) is 0 Å². The predicted molar refractivity (Wildman–Crippen MR) is 77.7 cm³/mol. The van der Waals surface area contributed by atoms with Crippen molar-refractivity contribution in [3.05, 3.63) is 52.2 Å². The molecular weight excluding hydrogens is 242 g/mol. The summed E-state index contributed by atoms with van der Waals surface area (Å²) in [6.07, 6.45) is 1.11. The molecule has 0 saturated heterocycles. The SMILES string of the molecule is CNCCC(c1ccc(OC)cc1)c1cccs1. The predicted octanol–water partition coefficient (Wildman–Crippen LogP) is 3.50. The Kier molecular flexibility index (Phi) is 4.79. The van der Waals surface area contributed by atoms with E-state index in [1.165, 1.54) is 10.4 Å². The lowest BCUT2D eigenvalue weighted by Gasteiger charge is -2.16. The highest BCUT2D eigenvalue weighted by molar-refractivity contribution is 7.10. The van der Waals surface area contributed by atoms with Gasteiger partial charge < -0.3 is 10.1 Å². The smallest absolute Gasteiger partial charge is 0.118 e. The third kappa shape index (κ3) is 3.12. The molecule has 0 spiro atoms. The summed E-state index contributed by atoms with van der Waals surface area (Å²) in [6, 6.07) is 12.7. The molecule has 2 aromatic rings. The Morgan fingerprint density at radius 1 is 1.22 bits per heavy atom. The van der Waals surface area contributed by atoms with Crippen LogP contribution in [0.3, 0.4) is 0 Å². The van der Waals surface area contributed by atoms with E-state index in [1.54, 1.807) is 7.11 Å². The monoisotopic (exact) mass is 261 g/mol. The van der Waals surface area contributed by atoms with E-state index in [9.17, 15) is 0 Å². The lowest BCUT2D eigenvalue weighted by molar-refractivity contribution is 0.414. The molecule has 0 bridgehead atoms. The average molecular weight is 261 g/mol. The van der Waals surface area contributed by atoms with Gasteiger partial charge in [-0.15, -0.1) is 11.3 Å². The molecule has 0 fully saturated rings. The Bertz CT molecular complexity index is 450. The third-order valence-electron chi connectivity index (χ3n) is 3.09. The summed E-state index contributed by atoms with van der Waals surface area (Å²) in [4.78, 5) is 1.43. The first-order chi connectivity index (χ1) is 8.85. The second kappa shape index (κ2) is 6.57. The van der Waals surface area contributed by atoms with E-state index < -0.39 is 0 Å². The first-order valence-electron chi connectivity index (χ1n) is 6.17. The zero-order valence-corrected chi connectivity index (χ0v) is 11.7. The normalized spacial score (nSPS) is 12.3. The van der Waals surface area contributed by atoms with Crippen molar-refractivity contribution in [2.75, 3.05) is 20.7 Å². The lowest BCUT2D eigenvalue weighted by atomic mass is 9.94. The number of benzene rings is 1. The van der Waals surface area contributed by atoms with E-state index in [4.69, 9.17) is 4.74 Å². The molecule has 1 unspecified atom stereocenters. The maximum Gasteiger partial charge on any atom is 0.118 e. The van der Waals surface area contributed by atoms with Crippen LogP contribution in [0, 0.1) is 0 Å². The van der Waals surface area contributed by atoms with Crippen molar-refractivity contribution in [1.82, 2.24) is 5.32 Å². The summed E-state index contributed by atoms with van der Waals surface area (Å²) in [6.45, 7) is 1.02. The molecule has 0 radical (unpaired) electrons. The zero-order valence-electron chi connectivity index (χ0n) is 10.8. The van der Waals surface area contributed by atoms with Gasteiger partial charge in [0, 0.05) is 10.8 Å². The Morgan fingerprint density at radius 2 is 2.00 bits per heavy atom.